The number of methoxy groups -OCH3 is 1. The first-order valence-electron chi connectivity index (χ1n) is 7.13. The van der Waals surface area contributed by atoms with E-state index in [1.807, 2.05) is 0 Å². The maximum absolute atomic E-state index is 12.9. The fraction of sp³-hybridized carbons (Fsp3) is 0.500. The van der Waals surface area contributed by atoms with Crippen molar-refractivity contribution in [1.82, 2.24) is 5.32 Å². The molecule has 0 bridgehead atoms. The summed E-state index contributed by atoms with van der Waals surface area (Å²) in [6.45, 7) is 1.77. The van der Waals surface area contributed by atoms with Crippen LogP contribution in [0.25, 0.3) is 0 Å². The molecular formula is C16H20FNO4. The number of ether oxygens (including phenoxy) is 1. The summed E-state index contributed by atoms with van der Waals surface area (Å²) >= 11 is 0. The molecule has 1 aliphatic carbocycles. The van der Waals surface area contributed by atoms with Gasteiger partial charge in [-0.15, -0.1) is 0 Å². The van der Waals surface area contributed by atoms with Gasteiger partial charge in [-0.1, -0.05) is 12.1 Å². The molecule has 2 rings (SSSR count). The van der Waals surface area contributed by atoms with Gasteiger partial charge in [0.1, 0.15) is 5.82 Å². The molecule has 0 aromatic heterocycles. The molecule has 3 atom stereocenters. The lowest BCUT2D eigenvalue weighted by Gasteiger charge is -2.28. The summed E-state index contributed by atoms with van der Waals surface area (Å²) in [4.78, 5) is 23.2. The first kappa shape index (κ1) is 16.4. The van der Waals surface area contributed by atoms with E-state index in [0.717, 1.165) is 5.56 Å². The van der Waals surface area contributed by atoms with Gasteiger partial charge in [-0.05, 0) is 37.0 Å². The standard InChI is InChI=1S/C16H20FNO4/c1-16(9-22-2,8-14(19)20)18-15(21)13-7-12(13)10-3-5-11(17)6-4-10/h3-6,12-13H,7-9H2,1-2H3,(H,18,21)(H,19,20). The van der Waals surface area contributed by atoms with Gasteiger partial charge in [0.2, 0.25) is 5.91 Å². The lowest BCUT2D eigenvalue weighted by Crippen LogP contribution is -2.51. The van der Waals surface area contributed by atoms with Crippen molar-refractivity contribution in [3.05, 3.63) is 35.6 Å². The smallest absolute Gasteiger partial charge is 0.305 e. The number of aliphatic carboxylic acids is 1. The molecule has 2 N–H and O–H groups in total. The average Bonchev–Trinajstić information content (AvgIpc) is 3.18. The molecule has 5 nitrogen and oxygen atoms in total. The Morgan fingerprint density at radius 1 is 1.41 bits per heavy atom. The van der Waals surface area contributed by atoms with Gasteiger partial charge < -0.3 is 15.2 Å². The molecule has 22 heavy (non-hydrogen) atoms. The summed E-state index contributed by atoms with van der Waals surface area (Å²) < 4.78 is 17.9. The molecule has 0 heterocycles. The van der Waals surface area contributed by atoms with Gasteiger partial charge in [-0.3, -0.25) is 9.59 Å². The highest BCUT2D eigenvalue weighted by Gasteiger charge is 2.45. The first-order valence-corrected chi connectivity index (χ1v) is 7.13. The highest BCUT2D eigenvalue weighted by molar-refractivity contribution is 5.84. The third-order valence-corrected chi connectivity index (χ3v) is 3.85. The Kier molecular flexibility index (Phi) is 4.81. The molecule has 0 aliphatic heterocycles. The Balaban J connectivity index is 1.97. The Bertz CT molecular complexity index is 560. The van der Waals surface area contributed by atoms with Crippen molar-refractivity contribution in [3.63, 3.8) is 0 Å². The minimum Gasteiger partial charge on any atom is -0.481 e. The quantitative estimate of drug-likeness (QED) is 0.807. The summed E-state index contributed by atoms with van der Waals surface area (Å²) in [5, 5.41) is 11.7. The number of nitrogens with one attached hydrogen (secondary N) is 1. The number of carbonyl (C=O) groups is 2. The third-order valence-electron chi connectivity index (χ3n) is 3.85. The predicted molar refractivity (Wildman–Crippen MR) is 77.9 cm³/mol. The third kappa shape index (κ3) is 4.04. The number of hydrogen-bond acceptors (Lipinski definition) is 3. The molecule has 1 aromatic carbocycles. The number of halogens is 1. The molecule has 0 spiro atoms. The highest BCUT2D eigenvalue weighted by Crippen LogP contribution is 2.47. The van der Waals surface area contributed by atoms with Gasteiger partial charge in [0, 0.05) is 13.0 Å². The number of rotatable bonds is 7. The monoisotopic (exact) mass is 309 g/mol. The maximum Gasteiger partial charge on any atom is 0.305 e. The van der Waals surface area contributed by atoms with E-state index in [4.69, 9.17) is 9.84 Å². The van der Waals surface area contributed by atoms with Crippen molar-refractivity contribution >= 4 is 11.9 Å². The summed E-state index contributed by atoms with van der Waals surface area (Å²) in [5.74, 6) is -1.62. The van der Waals surface area contributed by atoms with Crippen LogP contribution in [-0.2, 0) is 14.3 Å². The Hall–Kier alpha value is -1.95. The van der Waals surface area contributed by atoms with E-state index in [1.54, 1.807) is 19.1 Å². The van der Waals surface area contributed by atoms with E-state index in [9.17, 15) is 14.0 Å². The van der Waals surface area contributed by atoms with Gasteiger partial charge in [0.15, 0.2) is 0 Å². The van der Waals surface area contributed by atoms with Crippen molar-refractivity contribution in [2.75, 3.05) is 13.7 Å². The minimum absolute atomic E-state index is 0.0669. The van der Waals surface area contributed by atoms with Crippen molar-refractivity contribution < 1.29 is 23.8 Å². The zero-order valence-corrected chi connectivity index (χ0v) is 12.6. The summed E-state index contributed by atoms with van der Waals surface area (Å²) in [7, 11) is 1.46. The van der Waals surface area contributed by atoms with Crippen LogP contribution in [0, 0.1) is 11.7 Å². The topological polar surface area (TPSA) is 75.6 Å². The van der Waals surface area contributed by atoms with Crippen LogP contribution in [0.5, 0.6) is 0 Å². The number of carboxylic acid groups (broad SMARTS) is 1. The largest absolute Gasteiger partial charge is 0.481 e. The molecule has 1 amide bonds. The normalized spacial score (nSPS) is 22.7. The molecule has 1 fully saturated rings. The molecule has 3 unspecified atom stereocenters. The number of hydrogen-bond donors (Lipinski definition) is 2. The zero-order chi connectivity index (χ0) is 16.3. The Morgan fingerprint density at radius 2 is 2.05 bits per heavy atom. The van der Waals surface area contributed by atoms with Crippen LogP contribution in [0.4, 0.5) is 4.39 Å². The predicted octanol–water partition coefficient (Wildman–Crippen LogP) is 1.93. The van der Waals surface area contributed by atoms with E-state index >= 15 is 0 Å². The van der Waals surface area contributed by atoms with Gasteiger partial charge in [0.05, 0.1) is 18.6 Å². The van der Waals surface area contributed by atoms with Crippen LogP contribution in [-0.4, -0.2) is 36.2 Å². The first-order chi connectivity index (χ1) is 10.3. The zero-order valence-electron chi connectivity index (χ0n) is 12.6. The number of carbonyl (C=O) groups excluding carboxylic acids is 1. The van der Waals surface area contributed by atoms with E-state index < -0.39 is 11.5 Å². The SMILES string of the molecule is COCC(C)(CC(=O)O)NC(=O)C1CC1c1ccc(F)cc1. The van der Waals surface area contributed by atoms with E-state index in [0.29, 0.717) is 6.42 Å². The van der Waals surface area contributed by atoms with Gasteiger partial charge in [0.25, 0.3) is 0 Å². The lowest BCUT2D eigenvalue weighted by molar-refractivity contribution is -0.139. The van der Waals surface area contributed by atoms with Crippen LogP contribution >= 0.6 is 0 Å². The van der Waals surface area contributed by atoms with Gasteiger partial charge in [-0.2, -0.15) is 0 Å². The molecule has 0 radical (unpaired) electrons. The summed E-state index contributed by atoms with van der Waals surface area (Å²) in [6.07, 6.45) is 0.480. The molecule has 6 heteroatoms. The number of benzene rings is 1. The second kappa shape index (κ2) is 6.44. The van der Waals surface area contributed by atoms with E-state index in [-0.39, 0.29) is 36.6 Å². The second-order valence-electron chi connectivity index (χ2n) is 6.05. The lowest BCUT2D eigenvalue weighted by atomic mass is 9.98. The summed E-state index contributed by atoms with van der Waals surface area (Å²) in [6, 6.07) is 6.11. The Morgan fingerprint density at radius 3 is 2.59 bits per heavy atom. The molecule has 1 saturated carbocycles. The summed E-state index contributed by atoms with van der Waals surface area (Å²) in [5.41, 5.74) is -0.0126. The van der Waals surface area contributed by atoms with Gasteiger partial charge in [-0.25, -0.2) is 4.39 Å². The Labute approximate surface area is 128 Å². The van der Waals surface area contributed by atoms with Crippen molar-refractivity contribution in [2.45, 2.75) is 31.2 Å². The van der Waals surface area contributed by atoms with Crippen molar-refractivity contribution in [3.8, 4) is 0 Å². The van der Waals surface area contributed by atoms with Crippen LogP contribution < -0.4 is 5.32 Å². The van der Waals surface area contributed by atoms with Crippen molar-refractivity contribution in [1.29, 1.82) is 0 Å². The molecule has 1 aromatic rings. The number of amides is 1. The van der Waals surface area contributed by atoms with E-state index in [2.05, 4.69) is 5.32 Å². The molecule has 120 valence electrons. The maximum atomic E-state index is 12.9. The van der Waals surface area contributed by atoms with Crippen LogP contribution in [0.2, 0.25) is 0 Å². The minimum atomic E-state index is -0.995. The fourth-order valence-corrected chi connectivity index (χ4v) is 2.74. The van der Waals surface area contributed by atoms with Crippen LogP contribution in [0.1, 0.15) is 31.2 Å². The van der Waals surface area contributed by atoms with Crippen molar-refractivity contribution in [2.24, 2.45) is 5.92 Å². The van der Waals surface area contributed by atoms with E-state index in [1.165, 1.54) is 19.2 Å². The fourth-order valence-electron chi connectivity index (χ4n) is 2.74. The van der Waals surface area contributed by atoms with Crippen LogP contribution in [0.15, 0.2) is 24.3 Å². The second-order valence-corrected chi connectivity index (χ2v) is 6.05. The van der Waals surface area contributed by atoms with Gasteiger partial charge >= 0.3 is 5.97 Å². The molecular weight excluding hydrogens is 289 g/mol. The number of carboxylic acids is 1. The highest BCUT2D eigenvalue weighted by atomic mass is 19.1. The average molecular weight is 309 g/mol. The molecule has 0 saturated heterocycles. The molecule has 1 aliphatic rings. The van der Waals surface area contributed by atoms with Crippen LogP contribution in [0.3, 0.4) is 0 Å².